The predicted molar refractivity (Wildman–Crippen MR) is 32.3 cm³/mol. The number of nitrogens with zero attached hydrogens (tertiary/aromatic N) is 1. The fourth-order valence-electron chi connectivity index (χ4n) is 1.56. The molecule has 2 nitrogen and oxygen atoms in total. The normalized spacial score (nSPS) is 34.1. The highest BCUT2D eigenvalue weighted by molar-refractivity contribution is 5.02. The molecule has 0 aromatic rings. The second-order valence-electron chi connectivity index (χ2n) is 2.97. The SMILES string of the molecule is CN1NCC12CCC2. The molecule has 2 heteroatoms. The van der Waals surface area contributed by atoms with Crippen LogP contribution in [0.3, 0.4) is 0 Å². The molecule has 1 aliphatic carbocycles. The molecule has 2 aliphatic rings. The van der Waals surface area contributed by atoms with E-state index in [0.717, 1.165) is 0 Å². The Labute approximate surface area is 49.8 Å². The van der Waals surface area contributed by atoms with Gasteiger partial charge in [0.25, 0.3) is 0 Å². The molecule has 1 spiro atoms. The van der Waals surface area contributed by atoms with E-state index in [9.17, 15) is 0 Å². The van der Waals surface area contributed by atoms with Gasteiger partial charge < -0.3 is 0 Å². The third-order valence-electron chi connectivity index (χ3n) is 2.64. The second kappa shape index (κ2) is 1.25. The van der Waals surface area contributed by atoms with E-state index in [4.69, 9.17) is 0 Å². The minimum absolute atomic E-state index is 0.625. The maximum absolute atomic E-state index is 3.23. The van der Waals surface area contributed by atoms with E-state index in [0.29, 0.717) is 5.54 Å². The Morgan fingerprint density at radius 2 is 2.25 bits per heavy atom. The molecule has 8 heavy (non-hydrogen) atoms. The van der Waals surface area contributed by atoms with Gasteiger partial charge in [0.05, 0.1) is 0 Å². The quantitative estimate of drug-likeness (QED) is 0.486. The summed E-state index contributed by atoms with van der Waals surface area (Å²) in [6.45, 7) is 1.23. The highest BCUT2D eigenvalue weighted by Crippen LogP contribution is 2.39. The first kappa shape index (κ1) is 4.77. The van der Waals surface area contributed by atoms with Gasteiger partial charge in [0.15, 0.2) is 0 Å². The third-order valence-corrected chi connectivity index (χ3v) is 2.64. The van der Waals surface area contributed by atoms with Gasteiger partial charge in [-0.25, -0.2) is 5.01 Å². The molecule has 1 saturated heterocycles. The van der Waals surface area contributed by atoms with Crippen molar-refractivity contribution in [2.45, 2.75) is 24.8 Å². The van der Waals surface area contributed by atoms with Crippen molar-refractivity contribution in [3.8, 4) is 0 Å². The van der Waals surface area contributed by atoms with Gasteiger partial charge in [0.2, 0.25) is 0 Å². The Morgan fingerprint density at radius 1 is 1.50 bits per heavy atom. The van der Waals surface area contributed by atoms with Crippen LogP contribution in [0.2, 0.25) is 0 Å². The Morgan fingerprint density at radius 3 is 2.25 bits per heavy atom. The fourth-order valence-corrected chi connectivity index (χ4v) is 1.56. The maximum Gasteiger partial charge on any atom is 0.0489 e. The molecule has 0 bridgehead atoms. The van der Waals surface area contributed by atoms with Crippen molar-refractivity contribution in [3.05, 3.63) is 0 Å². The van der Waals surface area contributed by atoms with Crippen LogP contribution in [0.15, 0.2) is 0 Å². The molecule has 0 atom stereocenters. The van der Waals surface area contributed by atoms with Gasteiger partial charge >= 0.3 is 0 Å². The summed E-state index contributed by atoms with van der Waals surface area (Å²) in [7, 11) is 2.14. The summed E-state index contributed by atoms with van der Waals surface area (Å²) >= 11 is 0. The van der Waals surface area contributed by atoms with E-state index in [2.05, 4.69) is 17.5 Å². The number of likely N-dealkylation sites (N-methyl/N-ethyl adjacent to an activating group) is 1. The molecule has 0 radical (unpaired) electrons. The summed E-state index contributed by atoms with van der Waals surface area (Å²) in [5, 5.41) is 2.26. The van der Waals surface area contributed by atoms with Crippen LogP contribution in [0.25, 0.3) is 0 Å². The molecule has 1 N–H and O–H groups in total. The Bertz CT molecular complexity index is 102. The highest BCUT2D eigenvalue weighted by atomic mass is 15.6. The Hall–Kier alpha value is -0.0800. The number of rotatable bonds is 0. The van der Waals surface area contributed by atoms with Crippen LogP contribution in [0.5, 0.6) is 0 Å². The molecule has 2 rings (SSSR count). The topological polar surface area (TPSA) is 15.3 Å². The molecule has 1 heterocycles. The standard InChI is InChI=1S/C6H12N2/c1-8-6(5-7-8)3-2-4-6/h7H,2-5H2,1H3. The summed E-state index contributed by atoms with van der Waals surface area (Å²) < 4.78 is 0. The molecule has 0 aromatic heterocycles. The zero-order chi connectivity index (χ0) is 5.61. The summed E-state index contributed by atoms with van der Waals surface area (Å²) in [4.78, 5) is 0. The monoisotopic (exact) mass is 112 g/mol. The van der Waals surface area contributed by atoms with E-state index < -0.39 is 0 Å². The molecule has 0 aromatic carbocycles. The lowest BCUT2D eigenvalue weighted by Crippen LogP contribution is -2.73. The van der Waals surface area contributed by atoms with Crippen molar-refractivity contribution in [2.75, 3.05) is 13.6 Å². The van der Waals surface area contributed by atoms with Crippen LogP contribution in [0.1, 0.15) is 19.3 Å². The molecular weight excluding hydrogens is 100 g/mol. The van der Waals surface area contributed by atoms with Crippen molar-refractivity contribution in [3.63, 3.8) is 0 Å². The first-order valence-electron chi connectivity index (χ1n) is 3.31. The number of hydrazine groups is 1. The van der Waals surface area contributed by atoms with Gasteiger partial charge in [-0.05, 0) is 19.3 Å². The number of hydrogen-bond donors (Lipinski definition) is 1. The molecule has 0 unspecified atom stereocenters. The van der Waals surface area contributed by atoms with E-state index >= 15 is 0 Å². The summed E-state index contributed by atoms with van der Waals surface area (Å²) in [6.07, 6.45) is 4.26. The Kier molecular flexibility index (Phi) is 0.746. The molecule has 46 valence electrons. The van der Waals surface area contributed by atoms with Gasteiger partial charge in [-0.2, -0.15) is 0 Å². The van der Waals surface area contributed by atoms with Crippen molar-refractivity contribution < 1.29 is 0 Å². The predicted octanol–water partition coefficient (Wildman–Crippen LogP) is 0.359. The van der Waals surface area contributed by atoms with Crippen LogP contribution in [0.4, 0.5) is 0 Å². The maximum atomic E-state index is 3.23. The van der Waals surface area contributed by atoms with Gasteiger partial charge in [0.1, 0.15) is 0 Å². The fraction of sp³-hybridized carbons (Fsp3) is 1.00. The summed E-state index contributed by atoms with van der Waals surface area (Å²) in [5.74, 6) is 0. The minimum atomic E-state index is 0.625. The smallest absolute Gasteiger partial charge is 0.0489 e. The van der Waals surface area contributed by atoms with Crippen LogP contribution >= 0.6 is 0 Å². The average molecular weight is 112 g/mol. The summed E-state index contributed by atoms with van der Waals surface area (Å²) in [6, 6.07) is 0. The summed E-state index contributed by atoms with van der Waals surface area (Å²) in [5.41, 5.74) is 3.86. The van der Waals surface area contributed by atoms with E-state index in [1.807, 2.05) is 0 Å². The lowest BCUT2D eigenvalue weighted by atomic mass is 9.74. The van der Waals surface area contributed by atoms with Crippen LogP contribution in [-0.4, -0.2) is 24.1 Å². The highest BCUT2D eigenvalue weighted by Gasteiger charge is 2.46. The van der Waals surface area contributed by atoms with Gasteiger partial charge in [0, 0.05) is 19.1 Å². The Balaban J connectivity index is 2.03. The number of nitrogens with one attached hydrogen (secondary N) is 1. The minimum Gasteiger partial charge on any atom is -0.253 e. The first-order valence-corrected chi connectivity index (χ1v) is 3.31. The van der Waals surface area contributed by atoms with Crippen molar-refractivity contribution in [1.82, 2.24) is 10.4 Å². The van der Waals surface area contributed by atoms with Crippen molar-refractivity contribution in [2.24, 2.45) is 0 Å². The molecular formula is C6H12N2. The van der Waals surface area contributed by atoms with Crippen LogP contribution < -0.4 is 5.43 Å². The largest absolute Gasteiger partial charge is 0.253 e. The van der Waals surface area contributed by atoms with Gasteiger partial charge in [-0.3, -0.25) is 5.43 Å². The lowest BCUT2D eigenvalue weighted by Gasteiger charge is -2.57. The van der Waals surface area contributed by atoms with Crippen LogP contribution in [-0.2, 0) is 0 Å². The third kappa shape index (κ3) is 0.361. The van der Waals surface area contributed by atoms with E-state index in [1.54, 1.807) is 0 Å². The molecule has 1 saturated carbocycles. The van der Waals surface area contributed by atoms with Crippen molar-refractivity contribution in [1.29, 1.82) is 0 Å². The zero-order valence-corrected chi connectivity index (χ0v) is 5.28. The zero-order valence-electron chi connectivity index (χ0n) is 5.28. The van der Waals surface area contributed by atoms with Gasteiger partial charge in [-0.1, -0.05) is 0 Å². The second-order valence-corrected chi connectivity index (χ2v) is 2.97. The van der Waals surface area contributed by atoms with Crippen LogP contribution in [0, 0.1) is 0 Å². The first-order chi connectivity index (χ1) is 3.83. The molecule has 1 aliphatic heterocycles. The van der Waals surface area contributed by atoms with E-state index in [-0.39, 0.29) is 0 Å². The molecule has 0 amide bonds. The van der Waals surface area contributed by atoms with Gasteiger partial charge in [-0.15, -0.1) is 0 Å². The lowest BCUT2D eigenvalue weighted by molar-refractivity contribution is -0.0942. The van der Waals surface area contributed by atoms with E-state index in [1.165, 1.54) is 25.8 Å². The number of hydrogen-bond acceptors (Lipinski definition) is 2. The van der Waals surface area contributed by atoms with Crippen molar-refractivity contribution >= 4 is 0 Å². The average Bonchev–Trinajstić information content (AvgIpc) is 1.58. The molecule has 2 fully saturated rings.